The van der Waals surface area contributed by atoms with Crippen molar-refractivity contribution in [1.82, 2.24) is 15.3 Å². The summed E-state index contributed by atoms with van der Waals surface area (Å²) >= 11 is 1.73. The van der Waals surface area contributed by atoms with Gasteiger partial charge in [0.05, 0.1) is 10.2 Å². The molecule has 4 heteroatoms. The minimum absolute atomic E-state index is 0.254. The third-order valence-corrected chi connectivity index (χ3v) is 4.36. The largest absolute Gasteiger partial charge is 0.304 e. The van der Waals surface area contributed by atoms with Crippen molar-refractivity contribution < 1.29 is 0 Å². The van der Waals surface area contributed by atoms with Crippen molar-refractivity contribution in [2.75, 3.05) is 0 Å². The molecule has 3 nitrogen and oxygen atoms in total. The summed E-state index contributed by atoms with van der Waals surface area (Å²) in [5.74, 6) is 0. The van der Waals surface area contributed by atoms with Gasteiger partial charge in [0.1, 0.15) is 0 Å². The predicted octanol–water partition coefficient (Wildman–Crippen LogP) is 4.10. The van der Waals surface area contributed by atoms with E-state index in [1.54, 1.807) is 17.5 Å². The van der Waals surface area contributed by atoms with Gasteiger partial charge in [0, 0.05) is 30.7 Å². The zero-order chi connectivity index (χ0) is 13.9. The standard InChI is InChI=1S/C16H17N3S/c1-11(13-4-3-6-17-9-13)19-12(2)14-8-16-15(18-10-14)5-7-20-16/h3-12,19H,1-2H3/t11-,12?/m0/s1. The quantitative estimate of drug-likeness (QED) is 0.783. The first-order chi connectivity index (χ1) is 9.74. The second kappa shape index (κ2) is 5.69. The first kappa shape index (κ1) is 13.2. The Morgan fingerprint density at radius 2 is 1.95 bits per heavy atom. The van der Waals surface area contributed by atoms with Gasteiger partial charge in [-0.25, -0.2) is 0 Å². The highest BCUT2D eigenvalue weighted by Gasteiger charge is 2.12. The van der Waals surface area contributed by atoms with Crippen molar-refractivity contribution in [3.05, 3.63) is 59.4 Å². The summed E-state index contributed by atoms with van der Waals surface area (Å²) < 4.78 is 1.24. The Balaban J connectivity index is 1.76. The molecule has 0 aliphatic heterocycles. The second-order valence-electron chi connectivity index (χ2n) is 4.97. The molecule has 0 radical (unpaired) electrons. The molecule has 3 aromatic rings. The number of fused-ring (bicyclic) bond motifs is 1. The van der Waals surface area contributed by atoms with E-state index in [9.17, 15) is 0 Å². The van der Waals surface area contributed by atoms with Crippen LogP contribution < -0.4 is 5.32 Å². The molecule has 0 amide bonds. The molecule has 3 aromatic heterocycles. The number of aromatic nitrogens is 2. The fourth-order valence-electron chi connectivity index (χ4n) is 2.30. The molecule has 1 unspecified atom stereocenters. The number of rotatable bonds is 4. The van der Waals surface area contributed by atoms with Crippen LogP contribution >= 0.6 is 11.3 Å². The molecule has 1 N–H and O–H groups in total. The fourth-order valence-corrected chi connectivity index (χ4v) is 3.09. The van der Waals surface area contributed by atoms with Gasteiger partial charge in [-0.1, -0.05) is 6.07 Å². The van der Waals surface area contributed by atoms with E-state index in [2.05, 4.69) is 52.7 Å². The average molecular weight is 283 g/mol. The summed E-state index contributed by atoms with van der Waals surface area (Å²) in [6.45, 7) is 4.33. The Hall–Kier alpha value is -1.78. The Labute approximate surface area is 122 Å². The zero-order valence-electron chi connectivity index (χ0n) is 11.6. The van der Waals surface area contributed by atoms with E-state index in [1.807, 2.05) is 18.5 Å². The van der Waals surface area contributed by atoms with Crippen molar-refractivity contribution in [2.24, 2.45) is 0 Å². The van der Waals surface area contributed by atoms with E-state index in [0.717, 1.165) is 5.52 Å². The highest BCUT2D eigenvalue weighted by Crippen LogP contribution is 2.24. The van der Waals surface area contributed by atoms with Gasteiger partial charge < -0.3 is 5.32 Å². The first-order valence-corrected chi connectivity index (χ1v) is 7.61. The Bertz CT molecular complexity index is 693. The highest BCUT2D eigenvalue weighted by atomic mass is 32.1. The van der Waals surface area contributed by atoms with E-state index >= 15 is 0 Å². The van der Waals surface area contributed by atoms with Crippen LogP contribution in [-0.4, -0.2) is 9.97 Å². The van der Waals surface area contributed by atoms with Gasteiger partial charge in [0.25, 0.3) is 0 Å². The van der Waals surface area contributed by atoms with Gasteiger partial charge in [0.15, 0.2) is 0 Å². The van der Waals surface area contributed by atoms with Crippen LogP contribution in [0.25, 0.3) is 10.2 Å². The Kier molecular flexibility index (Phi) is 3.76. The van der Waals surface area contributed by atoms with Crippen molar-refractivity contribution in [3.8, 4) is 0 Å². The second-order valence-corrected chi connectivity index (χ2v) is 5.92. The molecule has 0 spiro atoms. The van der Waals surface area contributed by atoms with Crippen LogP contribution in [0.2, 0.25) is 0 Å². The predicted molar refractivity (Wildman–Crippen MR) is 83.8 cm³/mol. The summed E-state index contributed by atoms with van der Waals surface area (Å²) in [7, 11) is 0. The topological polar surface area (TPSA) is 37.8 Å². The normalized spacial score (nSPS) is 14.3. The minimum atomic E-state index is 0.254. The molecule has 0 aliphatic rings. The lowest BCUT2D eigenvalue weighted by Crippen LogP contribution is -2.22. The summed E-state index contributed by atoms with van der Waals surface area (Å²) in [5.41, 5.74) is 3.49. The van der Waals surface area contributed by atoms with Crippen molar-refractivity contribution >= 4 is 21.6 Å². The maximum Gasteiger partial charge on any atom is 0.0809 e. The average Bonchev–Trinajstić information content (AvgIpc) is 2.95. The van der Waals surface area contributed by atoms with Crippen molar-refractivity contribution in [2.45, 2.75) is 25.9 Å². The van der Waals surface area contributed by atoms with Crippen LogP contribution in [0.3, 0.4) is 0 Å². The summed E-state index contributed by atoms with van der Waals surface area (Å²) in [4.78, 5) is 8.67. The van der Waals surface area contributed by atoms with Gasteiger partial charge in [-0.15, -0.1) is 11.3 Å². The van der Waals surface area contributed by atoms with E-state index in [-0.39, 0.29) is 12.1 Å². The van der Waals surface area contributed by atoms with Gasteiger partial charge in [0.2, 0.25) is 0 Å². The van der Waals surface area contributed by atoms with Crippen molar-refractivity contribution in [3.63, 3.8) is 0 Å². The van der Waals surface area contributed by atoms with Crippen molar-refractivity contribution in [1.29, 1.82) is 0 Å². The van der Waals surface area contributed by atoms with Crippen LogP contribution in [0.1, 0.15) is 37.1 Å². The lowest BCUT2D eigenvalue weighted by atomic mass is 10.1. The lowest BCUT2D eigenvalue weighted by molar-refractivity contribution is 0.493. The molecule has 3 rings (SSSR count). The molecule has 0 fully saturated rings. The molecule has 0 aromatic carbocycles. The number of thiophene rings is 1. The Morgan fingerprint density at radius 1 is 1.10 bits per heavy atom. The first-order valence-electron chi connectivity index (χ1n) is 6.73. The van der Waals surface area contributed by atoms with Crippen LogP contribution in [0.5, 0.6) is 0 Å². The zero-order valence-corrected chi connectivity index (χ0v) is 12.4. The van der Waals surface area contributed by atoms with E-state index < -0.39 is 0 Å². The maximum atomic E-state index is 4.50. The van der Waals surface area contributed by atoms with E-state index in [1.165, 1.54) is 15.8 Å². The van der Waals surface area contributed by atoms with Gasteiger partial charge >= 0.3 is 0 Å². The van der Waals surface area contributed by atoms with E-state index in [0.29, 0.717) is 0 Å². The minimum Gasteiger partial charge on any atom is -0.304 e. The number of pyridine rings is 2. The van der Waals surface area contributed by atoms with Crippen LogP contribution in [0.4, 0.5) is 0 Å². The molecule has 2 atom stereocenters. The molecular weight excluding hydrogens is 266 g/mol. The van der Waals surface area contributed by atoms with Gasteiger partial charge in [-0.2, -0.15) is 0 Å². The molecule has 0 saturated carbocycles. The molecule has 102 valence electrons. The fraction of sp³-hybridized carbons (Fsp3) is 0.250. The SMILES string of the molecule is CC(N[C@@H](C)c1cccnc1)c1cnc2ccsc2c1. The third kappa shape index (κ3) is 2.71. The summed E-state index contributed by atoms with van der Waals surface area (Å²) in [5, 5.41) is 5.68. The molecule has 3 heterocycles. The monoisotopic (exact) mass is 283 g/mol. The smallest absolute Gasteiger partial charge is 0.0809 e. The van der Waals surface area contributed by atoms with Crippen LogP contribution in [-0.2, 0) is 0 Å². The maximum absolute atomic E-state index is 4.50. The number of hydrogen-bond acceptors (Lipinski definition) is 4. The highest BCUT2D eigenvalue weighted by molar-refractivity contribution is 7.17. The number of nitrogens with one attached hydrogen (secondary N) is 1. The molecular formula is C16H17N3S. The van der Waals surface area contributed by atoms with Gasteiger partial charge in [-0.05, 0) is 48.6 Å². The molecule has 0 aliphatic carbocycles. The lowest BCUT2D eigenvalue weighted by Gasteiger charge is -2.20. The summed E-state index contributed by atoms with van der Waals surface area (Å²) in [6, 6.07) is 8.86. The molecule has 0 saturated heterocycles. The van der Waals surface area contributed by atoms with Crippen LogP contribution in [0, 0.1) is 0 Å². The summed E-state index contributed by atoms with van der Waals surface area (Å²) in [6.07, 6.45) is 5.67. The van der Waals surface area contributed by atoms with E-state index in [4.69, 9.17) is 0 Å². The molecule has 20 heavy (non-hydrogen) atoms. The molecule has 0 bridgehead atoms. The van der Waals surface area contributed by atoms with Crippen LogP contribution in [0.15, 0.2) is 48.2 Å². The Morgan fingerprint density at radius 3 is 2.75 bits per heavy atom. The third-order valence-electron chi connectivity index (χ3n) is 3.51. The number of hydrogen-bond donors (Lipinski definition) is 1. The number of nitrogens with zero attached hydrogens (tertiary/aromatic N) is 2. The van der Waals surface area contributed by atoms with Gasteiger partial charge in [-0.3, -0.25) is 9.97 Å².